The standard InChI is InChI=1S/C23H26N4O3/c1-17(30-21-10-6-5-7-18(21)15-24)23(29)26-20-11-13-27(14-12-20)16-22(28)25-19-8-3-2-4-9-19/h2-10,17,20H,11-14,16H2,1H3,(H,25,28)(H,26,29). The molecule has 2 N–H and O–H groups in total. The highest BCUT2D eigenvalue weighted by molar-refractivity contribution is 5.92. The molecule has 7 heteroatoms. The van der Waals surface area contributed by atoms with Crippen molar-refractivity contribution in [2.45, 2.75) is 31.9 Å². The fourth-order valence-corrected chi connectivity index (χ4v) is 3.38. The smallest absolute Gasteiger partial charge is 0.260 e. The summed E-state index contributed by atoms with van der Waals surface area (Å²) in [6, 6.07) is 18.4. The number of piperidine rings is 1. The largest absolute Gasteiger partial charge is 0.480 e. The number of rotatable bonds is 7. The third kappa shape index (κ3) is 6.06. The molecule has 1 heterocycles. The molecular formula is C23H26N4O3. The minimum absolute atomic E-state index is 0.0399. The van der Waals surface area contributed by atoms with E-state index in [1.54, 1.807) is 31.2 Å². The maximum Gasteiger partial charge on any atom is 0.260 e. The average molecular weight is 406 g/mol. The number of amides is 2. The van der Waals surface area contributed by atoms with Gasteiger partial charge in [-0.2, -0.15) is 5.26 Å². The fraction of sp³-hybridized carbons (Fsp3) is 0.348. The first kappa shape index (κ1) is 21.3. The summed E-state index contributed by atoms with van der Waals surface area (Å²) in [7, 11) is 0. The molecule has 0 aromatic heterocycles. The molecule has 1 aliphatic rings. The van der Waals surface area contributed by atoms with Gasteiger partial charge in [0, 0.05) is 24.8 Å². The molecule has 1 fully saturated rings. The molecule has 1 aliphatic heterocycles. The number of nitrogens with one attached hydrogen (secondary N) is 2. The summed E-state index contributed by atoms with van der Waals surface area (Å²) in [6.07, 6.45) is 0.840. The molecule has 156 valence electrons. The van der Waals surface area contributed by atoms with Gasteiger partial charge in [-0.15, -0.1) is 0 Å². The number of hydrogen-bond acceptors (Lipinski definition) is 5. The number of anilines is 1. The predicted octanol–water partition coefficient (Wildman–Crippen LogP) is 2.54. The Morgan fingerprint density at radius 3 is 2.50 bits per heavy atom. The Labute approximate surface area is 176 Å². The van der Waals surface area contributed by atoms with Crippen LogP contribution >= 0.6 is 0 Å². The number of para-hydroxylation sites is 2. The van der Waals surface area contributed by atoms with Crippen LogP contribution in [0.2, 0.25) is 0 Å². The van der Waals surface area contributed by atoms with Crippen LogP contribution < -0.4 is 15.4 Å². The Morgan fingerprint density at radius 2 is 1.80 bits per heavy atom. The molecular weight excluding hydrogens is 380 g/mol. The molecule has 2 aromatic carbocycles. The lowest BCUT2D eigenvalue weighted by atomic mass is 10.0. The van der Waals surface area contributed by atoms with Gasteiger partial charge in [0.1, 0.15) is 11.8 Å². The van der Waals surface area contributed by atoms with Crippen molar-refractivity contribution in [2.24, 2.45) is 0 Å². The highest BCUT2D eigenvalue weighted by atomic mass is 16.5. The molecule has 0 aliphatic carbocycles. The SMILES string of the molecule is CC(Oc1ccccc1C#N)C(=O)NC1CCN(CC(=O)Nc2ccccc2)CC1. The van der Waals surface area contributed by atoms with E-state index in [4.69, 9.17) is 10.00 Å². The maximum absolute atomic E-state index is 12.5. The number of nitrogens with zero attached hydrogens (tertiary/aromatic N) is 2. The van der Waals surface area contributed by atoms with Crippen molar-refractivity contribution in [2.75, 3.05) is 25.0 Å². The molecule has 3 rings (SSSR count). The van der Waals surface area contributed by atoms with Crippen molar-refractivity contribution in [3.8, 4) is 11.8 Å². The van der Waals surface area contributed by atoms with Crippen molar-refractivity contribution in [3.63, 3.8) is 0 Å². The van der Waals surface area contributed by atoms with E-state index in [-0.39, 0.29) is 17.9 Å². The third-order valence-corrected chi connectivity index (χ3v) is 5.04. The molecule has 0 bridgehead atoms. The fourth-order valence-electron chi connectivity index (χ4n) is 3.38. The van der Waals surface area contributed by atoms with Gasteiger partial charge in [-0.25, -0.2) is 0 Å². The van der Waals surface area contributed by atoms with Gasteiger partial charge >= 0.3 is 0 Å². The number of ether oxygens (including phenoxy) is 1. The molecule has 0 spiro atoms. The van der Waals surface area contributed by atoms with Gasteiger partial charge in [0.05, 0.1) is 12.1 Å². The van der Waals surface area contributed by atoms with E-state index in [2.05, 4.69) is 21.6 Å². The van der Waals surface area contributed by atoms with Crippen LogP contribution in [0, 0.1) is 11.3 Å². The van der Waals surface area contributed by atoms with E-state index in [1.807, 2.05) is 30.3 Å². The number of hydrogen-bond donors (Lipinski definition) is 2. The minimum atomic E-state index is -0.700. The van der Waals surface area contributed by atoms with Gasteiger partial charge in [-0.1, -0.05) is 30.3 Å². The minimum Gasteiger partial charge on any atom is -0.480 e. The zero-order valence-electron chi connectivity index (χ0n) is 17.0. The van der Waals surface area contributed by atoms with E-state index in [0.717, 1.165) is 31.6 Å². The number of benzene rings is 2. The average Bonchev–Trinajstić information content (AvgIpc) is 2.76. The van der Waals surface area contributed by atoms with Crippen LogP contribution in [0.1, 0.15) is 25.3 Å². The predicted molar refractivity (Wildman–Crippen MR) is 114 cm³/mol. The van der Waals surface area contributed by atoms with Crippen LogP contribution in [0.15, 0.2) is 54.6 Å². The second-order valence-corrected chi connectivity index (χ2v) is 7.34. The van der Waals surface area contributed by atoms with Gasteiger partial charge in [0.15, 0.2) is 6.10 Å². The van der Waals surface area contributed by atoms with E-state index in [0.29, 0.717) is 17.9 Å². The lowest BCUT2D eigenvalue weighted by molar-refractivity contribution is -0.128. The number of likely N-dealkylation sites (tertiary alicyclic amines) is 1. The Kier molecular flexibility index (Phi) is 7.41. The topological polar surface area (TPSA) is 94.5 Å². The van der Waals surface area contributed by atoms with E-state index < -0.39 is 6.10 Å². The Balaban J connectivity index is 1.41. The molecule has 1 unspecified atom stereocenters. The highest BCUT2D eigenvalue weighted by Gasteiger charge is 2.25. The van der Waals surface area contributed by atoms with Crippen molar-refractivity contribution in [1.82, 2.24) is 10.2 Å². The van der Waals surface area contributed by atoms with Gasteiger partial charge in [-0.05, 0) is 44.0 Å². The van der Waals surface area contributed by atoms with Crippen molar-refractivity contribution in [3.05, 3.63) is 60.2 Å². The lowest BCUT2D eigenvalue weighted by Crippen LogP contribution is -2.49. The molecule has 1 atom stereocenters. The molecule has 30 heavy (non-hydrogen) atoms. The summed E-state index contributed by atoms with van der Waals surface area (Å²) in [5, 5.41) is 15.0. The quantitative estimate of drug-likeness (QED) is 0.737. The van der Waals surface area contributed by atoms with Gasteiger partial charge in [-0.3, -0.25) is 14.5 Å². The molecule has 7 nitrogen and oxygen atoms in total. The van der Waals surface area contributed by atoms with Crippen molar-refractivity contribution >= 4 is 17.5 Å². The highest BCUT2D eigenvalue weighted by Crippen LogP contribution is 2.18. The van der Waals surface area contributed by atoms with Crippen molar-refractivity contribution in [1.29, 1.82) is 5.26 Å². The Hall–Kier alpha value is -3.37. The van der Waals surface area contributed by atoms with Crippen LogP contribution in [0.3, 0.4) is 0 Å². The van der Waals surface area contributed by atoms with E-state index in [9.17, 15) is 9.59 Å². The van der Waals surface area contributed by atoms with E-state index in [1.165, 1.54) is 0 Å². The number of carbonyl (C=O) groups excluding carboxylic acids is 2. The summed E-state index contributed by atoms with van der Waals surface area (Å²) in [4.78, 5) is 26.8. The molecule has 0 saturated carbocycles. The summed E-state index contributed by atoms with van der Waals surface area (Å²) in [5.74, 6) is 0.159. The van der Waals surface area contributed by atoms with Gasteiger partial charge in [0.25, 0.3) is 5.91 Å². The number of nitriles is 1. The van der Waals surface area contributed by atoms with E-state index >= 15 is 0 Å². The molecule has 1 saturated heterocycles. The second-order valence-electron chi connectivity index (χ2n) is 7.34. The molecule has 2 aromatic rings. The van der Waals surface area contributed by atoms with Gasteiger partial charge < -0.3 is 15.4 Å². The second kappa shape index (κ2) is 10.4. The Morgan fingerprint density at radius 1 is 1.13 bits per heavy atom. The van der Waals surface area contributed by atoms with Crippen LogP contribution in [-0.4, -0.2) is 48.5 Å². The summed E-state index contributed by atoms with van der Waals surface area (Å²) >= 11 is 0. The van der Waals surface area contributed by atoms with Crippen LogP contribution in [-0.2, 0) is 9.59 Å². The van der Waals surface area contributed by atoms with Crippen LogP contribution in [0.4, 0.5) is 5.69 Å². The summed E-state index contributed by atoms with van der Waals surface area (Å²) in [5.41, 5.74) is 1.19. The summed E-state index contributed by atoms with van der Waals surface area (Å²) in [6.45, 7) is 3.48. The van der Waals surface area contributed by atoms with Crippen molar-refractivity contribution < 1.29 is 14.3 Å². The normalized spacial score (nSPS) is 15.6. The monoisotopic (exact) mass is 406 g/mol. The zero-order chi connectivity index (χ0) is 21.3. The lowest BCUT2D eigenvalue weighted by Gasteiger charge is -2.32. The maximum atomic E-state index is 12.5. The van der Waals surface area contributed by atoms with Crippen LogP contribution in [0.25, 0.3) is 0 Å². The summed E-state index contributed by atoms with van der Waals surface area (Å²) < 4.78 is 5.67. The first-order chi connectivity index (χ1) is 14.5. The number of carbonyl (C=O) groups is 2. The van der Waals surface area contributed by atoms with Crippen LogP contribution in [0.5, 0.6) is 5.75 Å². The van der Waals surface area contributed by atoms with Gasteiger partial charge in [0.2, 0.25) is 5.91 Å². The first-order valence-corrected chi connectivity index (χ1v) is 10.1. The molecule has 2 amide bonds. The first-order valence-electron chi connectivity index (χ1n) is 10.1. The Bertz CT molecular complexity index is 902. The molecule has 0 radical (unpaired) electrons. The third-order valence-electron chi connectivity index (χ3n) is 5.04. The zero-order valence-corrected chi connectivity index (χ0v) is 17.0.